The third kappa shape index (κ3) is 2.47. The van der Waals surface area contributed by atoms with E-state index in [1.807, 2.05) is 22.9 Å². The van der Waals surface area contributed by atoms with Gasteiger partial charge in [-0.25, -0.2) is 0 Å². The van der Waals surface area contributed by atoms with Gasteiger partial charge in [0.2, 0.25) is 0 Å². The van der Waals surface area contributed by atoms with Crippen molar-refractivity contribution in [3.8, 4) is 0 Å². The van der Waals surface area contributed by atoms with Crippen LogP contribution in [0.2, 0.25) is 0 Å². The second kappa shape index (κ2) is 4.96. The van der Waals surface area contributed by atoms with Gasteiger partial charge in [0.25, 0.3) is 0 Å². The lowest BCUT2D eigenvalue weighted by atomic mass is 10.2. The van der Waals surface area contributed by atoms with Crippen molar-refractivity contribution in [2.45, 2.75) is 6.54 Å². The van der Waals surface area contributed by atoms with Crippen molar-refractivity contribution in [1.82, 2.24) is 14.7 Å². The number of rotatable bonds is 3. The molecule has 1 aliphatic heterocycles. The molecule has 18 heavy (non-hydrogen) atoms. The molecule has 5 nitrogen and oxygen atoms in total. The zero-order chi connectivity index (χ0) is 12.4. The Balaban J connectivity index is 1.67. The molecule has 1 saturated heterocycles. The largest absolute Gasteiger partial charge is 0.399 e. The van der Waals surface area contributed by atoms with E-state index in [1.54, 1.807) is 0 Å². The Kier molecular flexibility index (Phi) is 3.17. The number of nitrogens with zero attached hydrogens (tertiary/aromatic N) is 3. The minimum absolute atomic E-state index is 0.787. The molecule has 0 amide bonds. The molecular formula is C13H18N4O. The van der Waals surface area contributed by atoms with Gasteiger partial charge in [0.15, 0.2) is 0 Å². The lowest BCUT2D eigenvalue weighted by Gasteiger charge is -2.26. The van der Waals surface area contributed by atoms with Gasteiger partial charge in [-0.3, -0.25) is 9.58 Å². The van der Waals surface area contributed by atoms with Crippen molar-refractivity contribution in [2.24, 2.45) is 0 Å². The summed E-state index contributed by atoms with van der Waals surface area (Å²) in [5.41, 5.74) is 7.56. The summed E-state index contributed by atoms with van der Waals surface area (Å²) in [7, 11) is 0. The summed E-state index contributed by atoms with van der Waals surface area (Å²) in [4.78, 5) is 2.41. The molecule has 0 atom stereocenters. The molecule has 2 aromatic rings. The van der Waals surface area contributed by atoms with E-state index in [1.165, 1.54) is 0 Å². The van der Waals surface area contributed by atoms with Crippen molar-refractivity contribution in [1.29, 1.82) is 0 Å². The van der Waals surface area contributed by atoms with Crippen LogP contribution in [0.1, 0.15) is 0 Å². The van der Waals surface area contributed by atoms with E-state index < -0.39 is 0 Å². The van der Waals surface area contributed by atoms with Gasteiger partial charge in [0, 0.05) is 36.9 Å². The fourth-order valence-electron chi connectivity index (χ4n) is 2.28. The van der Waals surface area contributed by atoms with Crippen molar-refractivity contribution in [3.63, 3.8) is 0 Å². The van der Waals surface area contributed by atoms with Crippen LogP contribution >= 0.6 is 0 Å². The topological polar surface area (TPSA) is 56.3 Å². The highest BCUT2D eigenvalue weighted by Gasteiger charge is 2.10. The zero-order valence-corrected chi connectivity index (χ0v) is 10.4. The Labute approximate surface area is 106 Å². The van der Waals surface area contributed by atoms with Crippen LogP contribution in [-0.4, -0.2) is 47.5 Å². The number of nitrogen functional groups attached to an aromatic ring is 1. The Morgan fingerprint density at radius 3 is 2.89 bits per heavy atom. The SMILES string of the molecule is Nc1ccc2nn(CCN3CCOCC3)cc2c1. The molecule has 1 fully saturated rings. The van der Waals surface area contributed by atoms with Gasteiger partial charge in [-0.1, -0.05) is 0 Å². The van der Waals surface area contributed by atoms with Crippen LogP contribution in [0.4, 0.5) is 5.69 Å². The normalized spacial score (nSPS) is 17.3. The van der Waals surface area contributed by atoms with Crippen LogP contribution < -0.4 is 5.73 Å². The monoisotopic (exact) mass is 246 g/mol. The summed E-state index contributed by atoms with van der Waals surface area (Å²) in [6.07, 6.45) is 2.06. The van der Waals surface area contributed by atoms with Crippen LogP contribution in [0.15, 0.2) is 24.4 Å². The van der Waals surface area contributed by atoms with Gasteiger partial charge in [-0.15, -0.1) is 0 Å². The molecule has 0 unspecified atom stereocenters. The van der Waals surface area contributed by atoms with Crippen LogP contribution in [0.25, 0.3) is 10.9 Å². The van der Waals surface area contributed by atoms with Gasteiger partial charge in [-0.2, -0.15) is 5.10 Å². The maximum atomic E-state index is 5.76. The van der Waals surface area contributed by atoms with Gasteiger partial charge in [-0.05, 0) is 18.2 Å². The first-order valence-corrected chi connectivity index (χ1v) is 6.34. The van der Waals surface area contributed by atoms with E-state index >= 15 is 0 Å². The molecule has 1 aromatic carbocycles. The maximum absolute atomic E-state index is 5.76. The summed E-state index contributed by atoms with van der Waals surface area (Å²) in [5, 5.41) is 5.65. The van der Waals surface area contributed by atoms with Gasteiger partial charge in [0.1, 0.15) is 0 Å². The second-order valence-electron chi connectivity index (χ2n) is 4.66. The van der Waals surface area contributed by atoms with Crippen LogP contribution in [0.5, 0.6) is 0 Å². The fraction of sp³-hybridized carbons (Fsp3) is 0.462. The van der Waals surface area contributed by atoms with Crippen LogP contribution in [0, 0.1) is 0 Å². The molecular weight excluding hydrogens is 228 g/mol. The first-order chi connectivity index (χ1) is 8.81. The van der Waals surface area contributed by atoms with Crippen LogP contribution in [0.3, 0.4) is 0 Å². The molecule has 0 radical (unpaired) electrons. The Hall–Kier alpha value is -1.59. The highest BCUT2D eigenvalue weighted by Crippen LogP contribution is 2.15. The van der Waals surface area contributed by atoms with Crippen molar-refractivity contribution in [2.75, 3.05) is 38.6 Å². The third-order valence-corrected chi connectivity index (χ3v) is 3.32. The second-order valence-corrected chi connectivity index (χ2v) is 4.66. The van der Waals surface area contributed by atoms with Gasteiger partial charge >= 0.3 is 0 Å². The summed E-state index contributed by atoms with van der Waals surface area (Å²) in [6, 6.07) is 5.82. The summed E-state index contributed by atoms with van der Waals surface area (Å²) < 4.78 is 7.33. The molecule has 0 spiro atoms. The number of anilines is 1. The lowest BCUT2D eigenvalue weighted by molar-refractivity contribution is 0.0360. The van der Waals surface area contributed by atoms with E-state index in [2.05, 4.69) is 16.2 Å². The Morgan fingerprint density at radius 1 is 1.22 bits per heavy atom. The van der Waals surface area contributed by atoms with E-state index in [0.717, 1.165) is 56.0 Å². The molecule has 2 heterocycles. The maximum Gasteiger partial charge on any atom is 0.0924 e. The zero-order valence-electron chi connectivity index (χ0n) is 10.4. The summed E-state index contributed by atoms with van der Waals surface area (Å²) in [6.45, 7) is 5.66. The fourth-order valence-corrected chi connectivity index (χ4v) is 2.28. The van der Waals surface area contributed by atoms with E-state index in [4.69, 9.17) is 10.5 Å². The molecule has 0 saturated carbocycles. The number of morpholine rings is 1. The average molecular weight is 246 g/mol. The summed E-state index contributed by atoms with van der Waals surface area (Å²) >= 11 is 0. The quantitative estimate of drug-likeness (QED) is 0.819. The van der Waals surface area contributed by atoms with Crippen molar-refractivity contribution in [3.05, 3.63) is 24.4 Å². The Morgan fingerprint density at radius 2 is 2.06 bits per heavy atom. The molecule has 1 aliphatic rings. The molecule has 0 bridgehead atoms. The minimum atomic E-state index is 0.787. The molecule has 1 aromatic heterocycles. The lowest BCUT2D eigenvalue weighted by Crippen LogP contribution is -2.38. The molecule has 3 rings (SSSR count). The first kappa shape index (κ1) is 11.5. The molecule has 5 heteroatoms. The number of benzene rings is 1. The van der Waals surface area contributed by atoms with Gasteiger partial charge < -0.3 is 10.5 Å². The van der Waals surface area contributed by atoms with E-state index in [0.29, 0.717) is 0 Å². The number of nitrogens with two attached hydrogens (primary N) is 1. The third-order valence-electron chi connectivity index (χ3n) is 3.32. The molecule has 0 aliphatic carbocycles. The highest BCUT2D eigenvalue weighted by atomic mass is 16.5. The van der Waals surface area contributed by atoms with E-state index in [-0.39, 0.29) is 0 Å². The smallest absolute Gasteiger partial charge is 0.0924 e. The number of hydrogen-bond donors (Lipinski definition) is 1. The van der Waals surface area contributed by atoms with Crippen molar-refractivity contribution >= 4 is 16.6 Å². The standard InChI is InChI=1S/C13H18N4O/c14-12-1-2-13-11(9-12)10-17(15-13)4-3-16-5-7-18-8-6-16/h1-2,9-10H,3-8,14H2. The highest BCUT2D eigenvalue weighted by molar-refractivity contribution is 5.81. The predicted octanol–water partition coefficient (Wildman–Crippen LogP) is 0.951. The molecule has 2 N–H and O–H groups in total. The van der Waals surface area contributed by atoms with Crippen LogP contribution in [-0.2, 0) is 11.3 Å². The van der Waals surface area contributed by atoms with Crippen molar-refractivity contribution < 1.29 is 4.74 Å². The average Bonchev–Trinajstić information content (AvgIpc) is 2.79. The number of ether oxygens (including phenoxy) is 1. The predicted molar refractivity (Wildman–Crippen MR) is 71.4 cm³/mol. The van der Waals surface area contributed by atoms with Gasteiger partial charge in [0.05, 0.1) is 25.3 Å². The van der Waals surface area contributed by atoms with E-state index in [9.17, 15) is 0 Å². The number of aromatic nitrogens is 2. The summed E-state index contributed by atoms with van der Waals surface area (Å²) in [5.74, 6) is 0. The number of hydrogen-bond acceptors (Lipinski definition) is 4. The first-order valence-electron chi connectivity index (χ1n) is 6.34. The Bertz CT molecular complexity index is 531. The number of fused-ring (bicyclic) bond motifs is 1. The minimum Gasteiger partial charge on any atom is -0.399 e. The molecule has 96 valence electrons.